The van der Waals surface area contributed by atoms with E-state index in [9.17, 15) is 4.39 Å². The second-order valence-corrected chi connectivity index (χ2v) is 7.57. The molecule has 1 unspecified atom stereocenters. The quantitative estimate of drug-likeness (QED) is 0.813. The number of hydrogen-bond acceptors (Lipinski definition) is 6. The molecular formula is C20H22FN5O. The fourth-order valence-electron chi connectivity index (χ4n) is 4.29. The van der Waals surface area contributed by atoms with E-state index in [2.05, 4.69) is 31.9 Å². The molecule has 0 fully saturated rings. The molecule has 1 atom stereocenters. The molecule has 27 heavy (non-hydrogen) atoms. The van der Waals surface area contributed by atoms with Gasteiger partial charge in [-0.15, -0.1) is 0 Å². The fraction of sp³-hybridized carbons (Fsp3) is 0.400. The van der Waals surface area contributed by atoms with Gasteiger partial charge in [0.05, 0.1) is 6.20 Å². The van der Waals surface area contributed by atoms with Crippen LogP contribution >= 0.6 is 0 Å². The van der Waals surface area contributed by atoms with Crippen molar-refractivity contribution in [3.63, 3.8) is 0 Å². The van der Waals surface area contributed by atoms with Crippen LogP contribution in [0.15, 0.2) is 50.9 Å². The zero-order valence-electron chi connectivity index (χ0n) is 15.7. The zero-order valence-corrected chi connectivity index (χ0v) is 15.7. The number of fused-ring (bicyclic) bond motifs is 3. The highest BCUT2D eigenvalue weighted by Crippen LogP contribution is 2.41. The number of aliphatic imine (C=N–C) groups is 1. The van der Waals surface area contributed by atoms with Crippen LogP contribution in [0.5, 0.6) is 0 Å². The Morgan fingerprint density at radius 1 is 1.30 bits per heavy atom. The van der Waals surface area contributed by atoms with E-state index in [1.807, 2.05) is 32.1 Å². The number of rotatable bonds is 2. The van der Waals surface area contributed by atoms with Crippen molar-refractivity contribution >= 4 is 28.6 Å². The number of aromatic nitrogens is 1. The Hall–Kier alpha value is -2.83. The predicted octanol–water partition coefficient (Wildman–Crippen LogP) is 3.53. The molecule has 0 saturated carbocycles. The summed E-state index contributed by atoms with van der Waals surface area (Å²) >= 11 is 0. The van der Waals surface area contributed by atoms with Crippen molar-refractivity contribution in [3.8, 4) is 0 Å². The average Bonchev–Trinajstić information content (AvgIpc) is 3.21. The third-order valence-corrected chi connectivity index (χ3v) is 5.67. The summed E-state index contributed by atoms with van der Waals surface area (Å²) in [4.78, 5) is 15.3. The van der Waals surface area contributed by atoms with Crippen LogP contribution in [0.4, 0.5) is 16.1 Å². The number of anilines is 2. The summed E-state index contributed by atoms with van der Waals surface area (Å²) in [6.45, 7) is 1.71. The summed E-state index contributed by atoms with van der Waals surface area (Å²) in [6.07, 6.45) is 2.71. The first-order valence-electron chi connectivity index (χ1n) is 9.22. The Morgan fingerprint density at radius 3 is 2.96 bits per heavy atom. The molecule has 3 aliphatic heterocycles. The van der Waals surface area contributed by atoms with Crippen LogP contribution in [0, 0.1) is 5.92 Å². The van der Waals surface area contributed by atoms with E-state index in [0.29, 0.717) is 12.4 Å². The molecule has 0 spiro atoms. The third kappa shape index (κ3) is 2.52. The molecule has 4 heterocycles. The molecule has 7 heteroatoms. The van der Waals surface area contributed by atoms with Crippen molar-refractivity contribution in [1.82, 2.24) is 9.88 Å². The van der Waals surface area contributed by atoms with Crippen molar-refractivity contribution in [1.29, 1.82) is 0 Å². The van der Waals surface area contributed by atoms with Gasteiger partial charge in [0.2, 0.25) is 0 Å². The summed E-state index contributed by atoms with van der Waals surface area (Å²) in [7, 11) is 5.88. The van der Waals surface area contributed by atoms with Crippen molar-refractivity contribution in [2.75, 3.05) is 44.0 Å². The predicted molar refractivity (Wildman–Crippen MR) is 105 cm³/mol. The average molecular weight is 367 g/mol. The van der Waals surface area contributed by atoms with Gasteiger partial charge in [-0.05, 0) is 23.8 Å². The van der Waals surface area contributed by atoms with Gasteiger partial charge in [0, 0.05) is 64.4 Å². The molecule has 0 bridgehead atoms. The molecule has 0 saturated heterocycles. The molecule has 140 valence electrons. The third-order valence-electron chi connectivity index (χ3n) is 5.67. The van der Waals surface area contributed by atoms with Crippen molar-refractivity contribution < 1.29 is 8.81 Å². The Labute approximate surface area is 157 Å². The highest BCUT2D eigenvalue weighted by atomic mass is 19.1. The minimum absolute atomic E-state index is 0.0638. The van der Waals surface area contributed by atoms with Crippen LogP contribution in [0.1, 0.15) is 12.8 Å². The first-order chi connectivity index (χ1) is 13.0. The molecule has 0 radical (unpaired) electrons. The molecular weight excluding hydrogens is 345 g/mol. The van der Waals surface area contributed by atoms with E-state index in [-0.39, 0.29) is 11.7 Å². The summed E-state index contributed by atoms with van der Waals surface area (Å²) < 4.78 is 19.6. The van der Waals surface area contributed by atoms with E-state index in [4.69, 9.17) is 4.42 Å². The minimum atomic E-state index is -0.136. The summed E-state index contributed by atoms with van der Waals surface area (Å²) in [5, 5.41) is 0. The van der Waals surface area contributed by atoms with Crippen LogP contribution in [0.3, 0.4) is 0 Å². The van der Waals surface area contributed by atoms with Gasteiger partial charge in [0.25, 0.3) is 6.01 Å². The standard InChI is InChI=1S/C20H22FN5O/c1-24(2)20-23-16-9-13(4-5-18(16)27-20)26-7-6-17-15(11-26)14-8-12(21)10-22-19(14)25(17)3/h4-5,9-10,14H,6-8,11H2,1-3H3. The van der Waals surface area contributed by atoms with Crippen LogP contribution in [0.2, 0.25) is 0 Å². The first-order valence-corrected chi connectivity index (χ1v) is 9.22. The highest BCUT2D eigenvalue weighted by molar-refractivity contribution is 5.93. The monoisotopic (exact) mass is 367 g/mol. The maximum Gasteiger partial charge on any atom is 0.297 e. The van der Waals surface area contributed by atoms with E-state index >= 15 is 0 Å². The lowest BCUT2D eigenvalue weighted by Crippen LogP contribution is -2.33. The minimum Gasteiger partial charge on any atom is -0.423 e. The first kappa shape index (κ1) is 16.4. The largest absolute Gasteiger partial charge is 0.423 e. The van der Waals surface area contributed by atoms with E-state index < -0.39 is 0 Å². The SMILES string of the molecule is CN1C2=NC=C(F)CC2C2=C1CCN(c1ccc3oc(N(C)C)nc3c1)C2. The van der Waals surface area contributed by atoms with Gasteiger partial charge >= 0.3 is 0 Å². The second-order valence-electron chi connectivity index (χ2n) is 7.57. The van der Waals surface area contributed by atoms with Gasteiger partial charge in [0.1, 0.15) is 17.2 Å². The number of allylic oxidation sites excluding steroid dienone is 1. The van der Waals surface area contributed by atoms with E-state index in [0.717, 1.165) is 42.1 Å². The van der Waals surface area contributed by atoms with Gasteiger partial charge in [0.15, 0.2) is 5.58 Å². The number of nitrogens with zero attached hydrogens (tertiary/aromatic N) is 5. The number of halogens is 1. The molecule has 1 aromatic heterocycles. The number of benzene rings is 1. The summed E-state index contributed by atoms with van der Waals surface area (Å²) in [5.41, 5.74) is 5.35. The van der Waals surface area contributed by atoms with Gasteiger partial charge in [-0.1, -0.05) is 0 Å². The molecule has 2 aromatic rings. The van der Waals surface area contributed by atoms with Gasteiger partial charge in [-0.25, -0.2) is 9.38 Å². The summed E-state index contributed by atoms with van der Waals surface area (Å²) in [6, 6.07) is 6.74. The smallest absolute Gasteiger partial charge is 0.297 e. The van der Waals surface area contributed by atoms with E-state index in [1.54, 1.807) is 0 Å². The summed E-state index contributed by atoms with van der Waals surface area (Å²) in [5.74, 6) is 0.906. The molecule has 3 aliphatic rings. The lowest BCUT2D eigenvalue weighted by molar-refractivity contribution is 0.539. The van der Waals surface area contributed by atoms with Crippen molar-refractivity contribution in [3.05, 3.63) is 41.5 Å². The van der Waals surface area contributed by atoms with E-state index in [1.165, 1.54) is 17.5 Å². The molecule has 5 rings (SSSR count). The fourth-order valence-corrected chi connectivity index (χ4v) is 4.29. The number of amidine groups is 1. The van der Waals surface area contributed by atoms with Crippen molar-refractivity contribution in [2.24, 2.45) is 10.9 Å². The van der Waals surface area contributed by atoms with Crippen LogP contribution in [-0.4, -0.2) is 50.0 Å². The second kappa shape index (κ2) is 5.84. The van der Waals surface area contributed by atoms with Gasteiger partial charge in [-0.2, -0.15) is 4.98 Å². The maximum absolute atomic E-state index is 13.8. The Bertz CT molecular complexity index is 1020. The van der Waals surface area contributed by atoms with Gasteiger partial charge in [-0.3, -0.25) is 0 Å². The molecule has 0 amide bonds. The Morgan fingerprint density at radius 2 is 2.15 bits per heavy atom. The van der Waals surface area contributed by atoms with Gasteiger partial charge < -0.3 is 19.1 Å². The van der Waals surface area contributed by atoms with Crippen LogP contribution in [0.25, 0.3) is 11.1 Å². The maximum atomic E-state index is 13.8. The number of hydrogen-bond donors (Lipinski definition) is 0. The highest BCUT2D eigenvalue weighted by Gasteiger charge is 2.40. The van der Waals surface area contributed by atoms with Crippen LogP contribution in [-0.2, 0) is 0 Å². The van der Waals surface area contributed by atoms with Crippen LogP contribution < -0.4 is 9.80 Å². The number of oxazole rings is 1. The molecule has 6 nitrogen and oxygen atoms in total. The topological polar surface area (TPSA) is 48.1 Å². The normalized spacial score (nSPS) is 22.0. The Balaban J connectivity index is 1.45. The molecule has 1 aromatic carbocycles. The lowest BCUT2D eigenvalue weighted by Gasteiger charge is -2.32. The zero-order chi connectivity index (χ0) is 18.7. The molecule has 0 aliphatic carbocycles. The lowest BCUT2D eigenvalue weighted by atomic mass is 9.91. The Kier molecular flexibility index (Phi) is 3.54. The van der Waals surface area contributed by atoms with Crippen molar-refractivity contribution in [2.45, 2.75) is 12.8 Å². The molecule has 0 N–H and O–H groups in total.